The van der Waals surface area contributed by atoms with Crippen molar-refractivity contribution in [3.8, 4) is 11.5 Å². The van der Waals surface area contributed by atoms with Crippen LogP contribution in [0.5, 0.6) is 0 Å². The van der Waals surface area contributed by atoms with E-state index in [9.17, 15) is 0 Å². The molecule has 9 rings (SSSR count). The SMILES string of the molecule is CCC1CC2CCCC(c3ccc4c(c3)c3ccccc3n4-c3ccc(-n4c5ccc(C(C)(C)C)cc5c5cc(C(C)(C)C)ccc54)cn3)(C1)C2. The Bertz CT molecular complexity index is 2370. The molecule has 2 aliphatic rings. The van der Waals surface area contributed by atoms with Crippen molar-refractivity contribution in [2.24, 2.45) is 11.8 Å². The number of aromatic nitrogens is 3. The first kappa shape index (κ1) is 32.5. The molecule has 0 aliphatic heterocycles. The molecule has 4 aromatic carbocycles. The van der Waals surface area contributed by atoms with Crippen LogP contribution in [-0.4, -0.2) is 14.1 Å². The maximum Gasteiger partial charge on any atom is 0.137 e. The van der Waals surface area contributed by atoms with Gasteiger partial charge in [0.2, 0.25) is 0 Å². The molecule has 3 unspecified atom stereocenters. The van der Waals surface area contributed by atoms with Gasteiger partial charge in [-0.2, -0.15) is 0 Å². The molecule has 3 heteroatoms. The van der Waals surface area contributed by atoms with Crippen LogP contribution in [0, 0.1) is 11.8 Å². The highest BCUT2D eigenvalue weighted by Crippen LogP contribution is 2.53. The van der Waals surface area contributed by atoms with Gasteiger partial charge in [0.25, 0.3) is 0 Å². The van der Waals surface area contributed by atoms with E-state index < -0.39 is 0 Å². The van der Waals surface area contributed by atoms with E-state index in [2.05, 4.69) is 155 Å². The molecule has 7 aromatic rings. The number of hydrogen-bond acceptors (Lipinski definition) is 1. The Morgan fingerprint density at radius 3 is 1.94 bits per heavy atom. The van der Waals surface area contributed by atoms with Gasteiger partial charge in [0, 0.05) is 21.5 Å². The molecule has 0 radical (unpaired) electrons. The molecular formula is C48H53N3. The van der Waals surface area contributed by atoms with Crippen LogP contribution in [0.25, 0.3) is 55.1 Å². The van der Waals surface area contributed by atoms with Gasteiger partial charge in [-0.05, 0) is 125 Å². The van der Waals surface area contributed by atoms with Crippen LogP contribution >= 0.6 is 0 Å². The number of fused-ring (bicyclic) bond motifs is 8. The highest BCUT2D eigenvalue weighted by Gasteiger charge is 2.43. The molecule has 0 spiro atoms. The minimum Gasteiger partial charge on any atom is -0.308 e. The van der Waals surface area contributed by atoms with Gasteiger partial charge in [-0.15, -0.1) is 0 Å². The molecule has 3 heterocycles. The Hall–Kier alpha value is -4.37. The summed E-state index contributed by atoms with van der Waals surface area (Å²) in [4.78, 5) is 5.23. The van der Waals surface area contributed by atoms with Crippen molar-refractivity contribution < 1.29 is 0 Å². The molecule has 2 fully saturated rings. The van der Waals surface area contributed by atoms with E-state index in [1.54, 1.807) is 5.56 Å². The molecule has 3 nitrogen and oxygen atoms in total. The van der Waals surface area contributed by atoms with E-state index in [1.807, 2.05) is 0 Å². The Morgan fingerprint density at radius 1 is 0.667 bits per heavy atom. The van der Waals surface area contributed by atoms with Crippen LogP contribution in [0.4, 0.5) is 0 Å². The number of pyridine rings is 1. The van der Waals surface area contributed by atoms with Crippen molar-refractivity contribution in [1.82, 2.24) is 14.1 Å². The van der Waals surface area contributed by atoms with Crippen LogP contribution in [0.1, 0.15) is 110 Å². The summed E-state index contributed by atoms with van der Waals surface area (Å²) in [7, 11) is 0. The zero-order valence-electron chi connectivity index (χ0n) is 31.7. The van der Waals surface area contributed by atoms with Gasteiger partial charge in [0.1, 0.15) is 5.82 Å². The summed E-state index contributed by atoms with van der Waals surface area (Å²) in [6, 6.07) is 34.9. The molecule has 3 aromatic heterocycles. The number of para-hydroxylation sites is 1. The van der Waals surface area contributed by atoms with Gasteiger partial charge in [-0.3, -0.25) is 4.57 Å². The smallest absolute Gasteiger partial charge is 0.137 e. The standard InChI is InChI=1S/C48H53N3/c1-8-31-24-32-12-11-23-48(28-31,29-32)35-17-21-44-38(27-35)37-13-9-10-14-41(37)51(44)45-22-18-36(30-49-45)50-42-19-15-33(46(2,3)4)25-39(42)40-26-34(47(5,6)7)16-20-43(40)50/h9-10,13-22,25-27,30-32H,8,11-12,23-24,28-29H2,1-7H3. The zero-order valence-corrected chi connectivity index (χ0v) is 31.7. The van der Waals surface area contributed by atoms with E-state index in [0.29, 0.717) is 5.41 Å². The van der Waals surface area contributed by atoms with E-state index in [1.165, 1.54) is 99.7 Å². The summed E-state index contributed by atoms with van der Waals surface area (Å²) >= 11 is 0. The largest absolute Gasteiger partial charge is 0.308 e. The normalized spacial score (nSPS) is 21.3. The summed E-state index contributed by atoms with van der Waals surface area (Å²) in [5, 5.41) is 5.28. The van der Waals surface area contributed by atoms with Gasteiger partial charge in [0.05, 0.1) is 34.0 Å². The van der Waals surface area contributed by atoms with Gasteiger partial charge in [-0.1, -0.05) is 104 Å². The van der Waals surface area contributed by atoms with E-state index >= 15 is 0 Å². The Balaban J connectivity index is 1.17. The second kappa shape index (κ2) is 11.6. The second-order valence-corrected chi connectivity index (χ2v) is 18.2. The Labute approximate surface area is 303 Å². The third-order valence-electron chi connectivity index (χ3n) is 12.9. The van der Waals surface area contributed by atoms with Gasteiger partial charge >= 0.3 is 0 Å². The van der Waals surface area contributed by atoms with Crippen molar-refractivity contribution in [2.75, 3.05) is 0 Å². The monoisotopic (exact) mass is 671 g/mol. The predicted octanol–water partition coefficient (Wildman–Crippen LogP) is 13.1. The second-order valence-electron chi connectivity index (χ2n) is 18.2. The average Bonchev–Trinajstić information content (AvgIpc) is 3.62. The fourth-order valence-corrected chi connectivity index (χ4v) is 10.1. The van der Waals surface area contributed by atoms with E-state index in [4.69, 9.17) is 4.98 Å². The fraction of sp³-hybridized carbons (Fsp3) is 0.396. The average molecular weight is 672 g/mol. The first-order valence-corrected chi connectivity index (χ1v) is 19.5. The molecule has 51 heavy (non-hydrogen) atoms. The van der Waals surface area contributed by atoms with Crippen LogP contribution in [-0.2, 0) is 16.2 Å². The van der Waals surface area contributed by atoms with E-state index in [0.717, 1.165) is 23.3 Å². The molecule has 0 saturated heterocycles. The molecule has 3 atom stereocenters. The highest BCUT2D eigenvalue weighted by atomic mass is 15.1. The minimum absolute atomic E-state index is 0.0728. The first-order valence-electron chi connectivity index (χ1n) is 19.5. The lowest BCUT2D eigenvalue weighted by molar-refractivity contribution is 0.101. The van der Waals surface area contributed by atoms with Crippen LogP contribution in [0.3, 0.4) is 0 Å². The van der Waals surface area contributed by atoms with Crippen LogP contribution < -0.4 is 0 Å². The van der Waals surface area contributed by atoms with Crippen molar-refractivity contribution in [3.63, 3.8) is 0 Å². The van der Waals surface area contributed by atoms with Gasteiger partial charge in [-0.25, -0.2) is 4.98 Å². The number of benzene rings is 4. The van der Waals surface area contributed by atoms with Crippen molar-refractivity contribution in [2.45, 2.75) is 110 Å². The van der Waals surface area contributed by atoms with Crippen molar-refractivity contribution >= 4 is 43.6 Å². The zero-order chi connectivity index (χ0) is 35.3. The summed E-state index contributed by atoms with van der Waals surface area (Å²) in [6.07, 6.45) is 11.7. The lowest BCUT2D eigenvalue weighted by Crippen LogP contribution is -2.40. The number of hydrogen-bond donors (Lipinski definition) is 0. The summed E-state index contributed by atoms with van der Waals surface area (Å²) < 4.78 is 4.79. The molecular weight excluding hydrogens is 619 g/mol. The summed E-state index contributed by atoms with van der Waals surface area (Å²) in [6.45, 7) is 16.2. The quantitative estimate of drug-likeness (QED) is 0.183. The maximum atomic E-state index is 5.23. The van der Waals surface area contributed by atoms with Crippen molar-refractivity contribution in [3.05, 3.63) is 114 Å². The number of nitrogens with zero attached hydrogens (tertiary/aromatic N) is 3. The lowest BCUT2D eigenvalue weighted by Gasteiger charge is -2.49. The molecule has 0 N–H and O–H groups in total. The summed E-state index contributed by atoms with van der Waals surface area (Å²) in [5.41, 5.74) is 10.8. The first-order chi connectivity index (χ1) is 24.4. The minimum atomic E-state index is 0.0728. The third-order valence-corrected chi connectivity index (χ3v) is 12.9. The topological polar surface area (TPSA) is 22.8 Å². The molecule has 0 amide bonds. The van der Waals surface area contributed by atoms with Crippen molar-refractivity contribution in [1.29, 1.82) is 0 Å². The lowest BCUT2D eigenvalue weighted by atomic mass is 9.56. The predicted molar refractivity (Wildman–Crippen MR) is 217 cm³/mol. The fourth-order valence-electron chi connectivity index (χ4n) is 10.1. The van der Waals surface area contributed by atoms with Crippen LogP contribution in [0.15, 0.2) is 97.2 Å². The molecule has 2 aliphatic carbocycles. The Kier molecular flexibility index (Phi) is 7.38. The molecule has 260 valence electrons. The molecule has 2 bridgehead atoms. The van der Waals surface area contributed by atoms with Gasteiger partial charge < -0.3 is 4.57 Å². The summed E-state index contributed by atoms with van der Waals surface area (Å²) in [5.74, 6) is 2.72. The van der Waals surface area contributed by atoms with E-state index in [-0.39, 0.29) is 10.8 Å². The third kappa shape index (κ3) is 5.25. The molecule has 2 saturated carbocycles. The maximum absolute atomic E-state index is 5.23. The number of rotatable bonds is 4. The van der Waals surface area contributed by atoms with Gasteiger partial charge in [0.15, 0.2) is 0 Å². The van der Waals surface area contributed by atoms with Crippen LogP contribution in [0.2, 0.25) is 0 Å². The Morgan fingerprint density at radius 2 is 1.29 bits per heavy atom. The highest BCUT2D eigenvalue weighted by molar-refractivity contribution is 6.10.